The number of carboxylic acid groups (broad SMARTS) is 1. The first kappa shape index (κ1) is 15.7. The molecule has 1 heterocycles. The SMILES string of the molecule is CCN(C(=O)CCCc1cccs1)C(C)CC(=O)O. The number of rotatable bonds is 8. The van der Waals surface area contributed by atoms with Crippen LogP contribution in [0.3, 0.4) is 0 Å². The van der Waals surface area contributed by atoms with Crippen LogP contribution in [-0.2, 0) is 16.0 Å². The molecule has 1 rings (SSSR count). The lowest BCUT2D eigenvalue weighted by Gasteiger charge is -2.27. The average molecular weight is 283 g/mol. The fourth-order valence-corrected chi connectivity index (χ4v) is 2.86. The van der Waals surface area contributed by atoms with E-state index < -0.39 is 5.97 Å². The summed E-state index contributed by atoms with van der Waals surface area (Å²) in [5.74, 6) is -0.815. The van der Waals surface area contributed by atoms with Crippen molar-refractivity contribution in [2.24, 2.45) is 0 Å². The first-order valence-corrected chi connectivity index (χ1v) is 7.46. The molecule has 0 spiro atoms. The van der Waals surface area contributed by atoms with E-state index in [2.05, 4.69) is 6.07 Å². The summed E-state index contributed by atoms with van der Waals surface area (Å²) in [5.41, 5.74) is 0. The van der Waals surface area contributed by atoms with Crippen LogP contribution in [0.15, 0.2) is 17.5 Å². The largest absolute Gasteiger partial charge is 0.481 e. The first-order valence-electron chi connectivity index (χ1n) is 6.58. The number of carbonyl (C=O) groups is 2. The fraction of sp³-hybridized carbons (Fsp3) is 0.571. The summed E-state index contributed by atoms with van der Waals surface area (Å²) in [6.07, 6.45) is 2.21. The Morgan fingerprint density at radius 1 is 1.47 bits per heavy atom. The first-order chi connectivity index (χ1) is 9.04. The van der Waals surface area contributed by atoms with Gasteiger partial charge in [-0.05, 0) is 38.1 Å². The van der Waals surface area contributed by atoms with Crippen molar-refractivity contribution in [3.63, 3.8) is 0 Å². The van der Waals surface area contributed by atoms with Gasteiger partial charge in [-0.15, -0.1) is 11.3 Å². The second-order valence-electron chi connectivity index (χ2n) is 4.56. The molecule has 0 fully saturated rings. The zero-order valence-electron chi connectivity index (χ0n) is 11.5. The van der Waals surface area contributed by atoms with Crippen molar-refractivity contribution in [3.05, 3.63) is 22.4 Å². The lowest BCUT2D eigenvalue weighted by atomic mass is 10.1. The molecule has 1 unspecified atom stereocenters. The van der Waals surface area contributed by atoms with Gasteiger partial charge in [0.25, 0.3) is 0 Å². The van der Waals surface area contributed by atoms with Gasteiger partial charge < -0.3 is 10.0 Å². The van der Waals surface area contributed by atoms with Crippen molar-refractivity contribution < 1.29 is 14.7 Å². The fourth-order valence-electron chi connectivity index (χ4n) is 2.11. The lowest BCUT2D eigenvalue weighted by molar-refractivity contribution is -0.140. The zero-order valence-corrected chi connectivity index (χ0v) is 12.3. The Labute approximate surface area is 118 Å². The third-order valence-electron chi connectivity index (χ3n) is 3.06. The van der Waals surface area contributed by atoms with Crippen LogP contribution >= 0.6 is 11.3 Å². The number of aliphatic carboxylic acids is 1. The van der Waals surface area contributed by atoms with E-state index in [0.717, 1.165) is 12.8 Å². The molecular formula is C14H21NO3S. The maximum atomic E-state index is 12.1. The number of aryl methyl sites for hydroxylation is 1. The van der Waals surface area contributed by atoms with Crippen molar-refractivity contribution in [1.82, 2.24) is 4.90 Å². The molecule has 0 saturated carbocycles. The molecule has 0 aliphatic carbocycles. The highest BCUT2D eigenvalue weighted by molar-refractivity contribution is 7.09. The molecule has 0 radical (unpaired) electrons. The molecule has 1 aromatic heterocycles. The molecule has 1 amide bonds. The van der Waals surface area contributed by atoms with Crippen LogP contribution < -0.4 is 0 Å². The number of carbonyl (C=O) groups excluding carboxylic acids is 1. The lowest BCUT2D eigenvalue weighted by Crippen LogP contribution is -2.39. The van der Waals surface area contributed by atoms with Crippen LogP contribution in [0.5, 0.6) is 0 Å². The van der Waals surface area contributed by atoms with E-state index in [9.17, 15) is 9.59 Å². The maximum absolute atomic E-state index is 12.1. The highest BCUT2D eigenvalue weighted by Gasteiger charge is 2.20. The van der Waals surface area contributed by atoms with E-state index in [1.54, 1.807) is 23.2 Å². The molecule has 19 heavy (non-hydrogen) atoms. The topological polar surface area (TPSA) is 57.6 Å². The molecule has 1 N–H and O–H groups in total. The number of hydrogen-bond donors (Lipinski definition) is 1. The normalized spacial score (nSPS) is 12.1. The summed E-state index contributed by atoms with van der Waals surface area (Å²) >= 11 is 1.70. The number of nitrogens with zero attached hydrogens (tertiary/aromatic N) is 1. The summed E-state index contributed by atoms with van der Waals surface area (Å²) in [6.45, 7) is 4.23. The van der Waals surface area contributed by atoms with Gasteiger partial charge in [0, 0.05) is 23.9 Å². The minimum Gasteiger partial charge on any atom is -0.481 e. The smallest absolute Gasteiger partial charge is 0.305 e. The molecule has 106 valence electrons. The van der Waals surface area contributed by atoms with Crippen LogP contribution in [0.1, 0.15) is 38.0 Å². The Kier molecular flexibility index (Phi) is 6.56. The monoisotopic (exact) mass is 283 g/mol. The predicted octanol–water partition coefficient (Wildman–Crippen LogP) is 2.78. The van der Waals surface area contributed by atoms with Gasteiger partial charge >= 0.3 is 5.97 Å². The standard InChI is InChI=1S/C14H21NO3S/c1-3-15(11(2)10-14(17)18)13(16)8-4-6-12-7-5-9-19-12/h5,7,9,11H,3-4,6,8,10H2,1-2H3,(H,17,18). The Morgan fingerprint density at radius 3 is 2.74 bits per heavy atom. The van der Waals surface area contributed by atoms with Gasteiger partial charge in [-0.3, -0.25) is 9.59 Å². The van der Waals surface area contributed by atoms with E-state index in [1.807, 2.05) is 18.4 Å². The minimum atomic E-state index is -0.864. The number of amides is 1. The minimum absolute atomic E-state index is 0.00447. The number of hydrogen-bond acceptors (Lipinski definition) is 3. The maximum Gasteiger partial charge on any atom is 0.305 e. The van der Waals surface area contributed by atoms with Gasteiger partial charge in [-0.25, -0.2) is 0 Å². The molecule has 0 bridgehead atoms. The van der Waals surface area contributed by atoms with Gasteiger partial charge in [0.2, 0.25) is 5.91 Å². The van der Waals surface area contributed by atoms with Gasteiger partial charge in [-0.2, -0.15) is 0 Å². The average Bonchev–Trinajstić information content (AvgIpc) is 2.82. The predicted molar refractivity (Wildman–Crippen MR) is 76.4 cm³/mol. The molecule has 0 saturated heterocycles. The van der Waals surface area contributed by atoms with Crippen LogP contribution in [0, 0.1) is 0 Å². The van der Waals surface area contributed by atoms with E-state index >= 15 is 0 Å². The molecule has 0 aliphatic rings. The summed E-state index contributed by atoms with van der Waals surface area (Å²) in [5, 5.41) is 10.8. The molecule has 0 aromatic carbocycles. The zero-order chi connectivity index (χ0) is 14.3. The van der Waals surface area contributed by atoms with Crippen LogP contribution in [-0.4, -0.2) is 34.5 Å². The summed E-state index contributed by atoms with van der Waals surface area (Å²) < 4.78 is 0. The highest BCUT2D eigenvalue weighted by Crippen LogP contribution is 2.13. The molecular weight excluding hydrogens is 262 g/mol. The summed E-state index contributed by atoms with van der Waals surface area (Å²) in [6, 6.07) is 3.84. The van der Waals surface area contributed by atoms with Crippen molar-refractivity contribution in [3.8, 4) is 0 Å². The van der Waals surface area contributed by atoms with E-state index in [4.69, 9.17) is 5.11 Å². The Hall–Kier alpha value is -1.36. The van der Waals surface area contributed by atoms with Gasteiger partial charge in [0.15, 0.2) is 0 Å². The Morgan fingerprint density at radius 2 is 2.21 bits per heavy atom. The Bertz CT molecular complexity index is 403. The highest BCUT2D eigenvalue weighted by atomic mass is 32.1. The second kappa shape index (κ2) is 7.94. The summed E-state index contributed by atoms with van der Waals surface area (Å²) in [4.78, 5) is 25.7. The van der Waals surface area contributed by atoms with Gasteiger partial charge in [-0.1, -0.05) is 6.07 Å². The molecule has 5 heteroatoms. The van der Waals surface area contributed by atoms with E-state index in [-0.39, 0.29) is 18.4 Å². The molecule has 1 atom stereocenters. The van der Waals surface area contributed by atoms with Crippen molar-refractivity contribution in [2.75, 3.05) is 6.54 Å². The molecule has 4 nitrogen and oxygen atoms in total. The van der Waals surface area contributed by atoms with Crippen LogP contribution in [0.2, 0.25) is 0 Å². The summed E-state index contributed by atoms with van der Waals surface area (Å²) in [7, 11) is 0. The quantitative estimate of drug-likeness (QED) is 0.798. The van der Waals surface area contributed by atoms with Crippen LogP contribution in [0.25, 0.3) is 0 Å². The van der Waals surface area contributed by atoms with Crippen LogP contribution in [0.4, 0.5) is 0 Å². The third-order valence-corrected chi connectivity index (χ3v) is 3.99. The Balaban J connectivity index is 2.38. The number of thiophene rings is 1. The number of carboxylic acids is 1. The second-order valence-corrected chi connectivity index (χ2v) is 5.59. The van der Waals surface area contributed by atoms with Gasteiger partial charge in [0.05, 0.1) is 6.42 Å². The molecule has 1 aromatic rings. The van der Waals surface area contributed by atoms with Crippen molar-refractivity contribution >= 4 is 23.2 Å². The van der Waals surface area contributed by atoms with Gasteiger partial charge in [0.1, 0.15) is 0 Å². The van der Waals surface area contributed by atoms with Crippen molar-refractivity contribution in [1.29, 1.82) is 0 Å². The third kappa shape index (κ3) is 5.42. The molecule has 0 aliphatic heterocycles. The van der Waals surface area contributed by atoms with E-state index in [0.29, 0.717) is 13.0 Å². The van der Waals surface area contributed by atoms with E-state index in [1.165, 1.54) is 4.88 Å². The van der Waals surface area contributed by atoms with Crippen molar-refractivity contribution in [2.45, 2.75) is 45.6 Å².